The fourth-order valence-corrected chi connectivity index (χ4v) is 6.20. The van der Waals surface area contributed by atoms with Crippen molar-refractivity contribution in [2.45, 2.75) is 56.8 Å². The summed E-state index contributed by atoms with van der Waals surface area (Å²) in [7, 11) is 1.56. The van der Waals surface area contributed by atoms with E-state index in [0.717, 1.165) is 43.2 Å². The van der Waals surface area contributed by atoms with E-state index in [2.05, 4.69) is 4.90 Å². The van der Waals surface area contributed by atoms with E-state index in [1.807, 2.05) is 18.2 Å². The molecule has 4 atom stereocenters. The SMILES string of the molecule is CN1C/C=C/[C@H](O)[C@@H]2CC[C@H]2CN2CCCCc3cc(Cl)ccc3COc3ccc(cc32)[C@](O)(C(=O)O)CC1=O. The molecule has 2 bridgehead atoms. The Bertz CT molecular complexity index is 1300. The third kappa shape index (κ3) is 5.85. The van der Waals surface area contributed by atoms with Gasteiger partial charge in [-0.05, 0) is 84.9 Å². The van der Waals surface area contributed by atoms with Crippen molar-refractivity contribution in [3.8, 4) is 5.75 Å². The molecule has 0 unspecified atom stereocenters. The molecule has 1 aliphatic carbocycles. The van der Waals surface area contributed by atoms with Crippen LogP contribution in [0.4, 0.5) is 5.69 Å². The molecule has 0 radical (unpaired) electrons. The zero-order valence-corrected chi connectivity index (χ0v) is 23.5. The minimum Gasteiger partial charge on any atom is -0.487 e. The number of carboxylic acid groups (broad SMARTS) is 1. The Balaban J connectivity index is 1.59. The lowest BCUT2D eigenvalue weighted by Gasteiger charge is -2.42. The number of nitrogens with zero attached hydrogens (tertiary/aromatic N) is 2. The Hall–Kier alpha value is -3.07. The number of amides is 1. The second-order valence-electron chi connectivity index (χ2n) is 11.3. The molecule has 0 saturated heterocycles. The highest BCUT2D eigenvalue weighted by atomic mass is 35.5. The van der Waals surface area contributed by atoms with Crippen molar-refractivity contribution >= 4 is 29.2 Å². The lowest BCUT2D eigenvalue weighted by Crippen LogP contribution is -2.43. The first-order valence-corrected chi connectivity index (χ1v) is 14.4. The fourth-order valence-electron chi connectivity index (χ4n) is 6.01. The lowest BCUT2D eigenvalue weighted by molar-refractivity contribution is -0.164. The monoisotopic (exact) mass is 568 g/mol. The number of aliphatic hydroxyl groups excluding tert-OH is 1. The maximum atomic E-state index is 13.0. The number of rotatable bonds is 1. The second kappa shape index (κ2) is 11.8. The van der Waals surface area contributed by atoms with Gasteiger partial charge in [-0.2, -0.15) is 0 Å². The minimum atomic E-state index is -2.41. The molecule has 8 nitrogen and oxygen atoms in total. The molecule has 0 aromatic heterocycles. The third-order valence-corrected chi connectivity index (χ3v) is 8.96. The summed E-state index contributed by atoms with van der Waals surface area (Å²) in [6.07, 6.45) is 6.77. The number of aliphatic hydroxyl groups is 2. The summed E-state index contributed by atoms with van der Waals surface area (Å²) in [4.78, 5) is 29.0. The normalized spacial score (nSPS) is 28.4. The van der Waals surface area contributed by atoms with Gasteiger partial charge < -0.3 is 29.9 Å². The number of carboxylic acids is 1. The van der Waals surface area contributed by atoms with Crippen molar-refractivity contribution in [2.75, 3.05) is 31.6 Å². The first-order valence-electron chi connectivity index (χ1n) is 14.0. The quantitative estimate of drug-likeness (QED) is 0.443. The molecule has 2 aliphatic heterocycles. The van der Waals surface area contributed by atoms with Crippen LogP contribution < -0.4 is 9.64 Å². The number of anilines is 1. The summed E-state index contributed by atoms with van der Waals surface area (Å²) in [6, 6.07) is 10.7. The van der Waals surface area contributed by atoms with Crippen LogP contribution in [0.1, 0.15) is 48.8 Å². The van der Waals surface area contributed by atoms with Gasteiger partial charge in [0.1, 0.15) is 12.4 Å². The first-order chi connectivity index (χ1) is 19.2. The van der Waals surface area contributed by atoms with E-state index in [4.69, 9.17) is 16.3 Å². The van der Waals surface area contributed by atoms with Crippen LogP contribution in [-0.4, -0.2) is 64.9 Å². The van der Waals surface area contributed by atoms with Gasteiger partial charge in [-0.25, -0.2) is 4.79 Å². The van der Waals surface area contributed by atoms with Gasteiger partial charge in [-0.3, -0.25) is 4.79 Å². The van der Waals surface area contributed by atoms with Gasteiger partial charge in [0.15, 0.2) is 5.60 Å². The molecule has 2 heterocycles. The van der Waals surface area contributed by atoms with E-state index in [9.17, 15) is 24.9 Å². The number of fused-ring (bicyclic) bond motifs is 3. The summed E-state index contributed by atoms with van der Waals surface area (Å²) in [6.45, 7) is 1.88. The highest BCUT2D eigenvalue weighted by Crippen LogP contribution is 2.42. The molecule has 1 amide bonds. The maximum Gasteiger partial charge on any atom is 0.340 e. The van der Waals surface area contributed by atoms with Crippen molar-refractivity contribution in [1.82, 2.24) is 4.90 Å². The molecule has 5 rings (SSSR count). The molecule has 0 spiro atoms. The Labute approximate surface area is 239 Å². The van der Waals surface area contributed by atoms with Crippen LogP contribution in [0.15, 0.2) is 48.6 Å². The average molecular weight is 569 g/mol. The largest absolute Gasteiger partial charge is 0.487 e. The molecule has 2 aromatic carbocycles. The number of likely N-dealkylation sites (N-methyl/N-ethyl adjacent to an activating group) is 1. The maximum absolute atomic E-state index is 13.0. The molecule has 40 heavy (non-hydrogen) atoms. The molecule has 3 N–H and O–H groups in total. The first kappa shape index (κ1) is 28.5. The molecule has 3 aliphatic rings. The van der Waals surface area contributed by atoms with E-state index in [1.54, 1.807) is 31.3 Å². The number of aryl methyl sites for hydroxylation is 1. The standard InChI is InChI=1S/C31H37ClN2O6/c1-33-13-4-6-27(35)25-11-8-21(25)18-34-14-3-2-5-20-15-24(32)10-7-22(20)19-40-28-12-9-23(16-26(28)34)31(39,30(37)38)17-29(33)36/h4,6-7,9-10,12,15-16,21,25,27,35,39H,2-3,5,8,11,13-14,17-19H2,1H3,(H,37,38)/b6-4+/t21-,25+,27-,31-/m0/s1. The van der Waals surface area contributed by atoms with Crippen LogP contribution >= 0.6 is 11.6 Å². The summed E-state index contributed by atoms with van der Waals surface area (Å²) in [5.41, 5.74) is 0.582. The Morgan fingerprint density at radius 2 is 1.95 bits per heavy atom. The van der Waals surface area contributed by atoms with Gasteiger partial charge >= 0.3 is 5.97 Å². The number of carbonyl (C=O) groups excluding carboxylic acids is 1. The number of aliphatic carboxylic acids is 1. The number of hydrogen-bond acceptors (Lipinski definition) is 6. The van der Waals surface area contributed by atoms with Crippen LogP contribution in [0.25, 0.3) is 0 Å². The summed E-state index contributed by atoms with van der Waals surface area (Å²) < 4.78 is 6.35. The smallest absolute Gasteiger partial charge is 0.340 e. The molecule has 214 valence electrons. The number of hydrogen-bond donors (Lipinski definition) is 3. The fraction of sp³-hybridized carbons (Fsp3) is 0.484. The zero-order valence-electron chi connectivity index (χ0n) is 22.8. The number of halogens is 1. The molecule has 2 aromatic rings. The Kier molecular flexibility index (Phi) is 8.40. The van der Waals surface area contributed by atoms with Gasteiger partial charge in [0.25, 0.3) is 0 Å². The second-order valence-corrected chi connectivity index (χ2v) is 11.8. The number of ether oxygens (including phenoxy) is 1. The summed E-state index contributed by atoms with van der Waals surface area (Å²) in [5, 5.41) is 33.2. The van der Waals surface area contributed by atoms with Gasteiger partial charge in [-0.15, -0.1) is 0 Å². The predicted molar refractivity (Wildman–Crippen MR) is 153 cm³/mol. The Morgan fingerprint density at radius 1 is 1.12 bits per heavy atom. The van der Waals surface area contributed by atoms with Gasteiger partial charge in [0.2, 0.25) is 5.91 Å². The molecule has 1 saturated carbocycles. The zero-order chi connectivity index (χ0) is 28.4. The van der Waals surface area contributed by atoms with Crippen LogP contribution in [-0.2, 0) is 28.2 Å². The van der Waals surface area contributed by atoms with Crippen molar-refractivity contribution in [3.05, 3.63) is 70.3 Å². The van der Waals surface area contributed by atoms with Crippen LogP contribution in [0.2, 0.25) is 5.02 Å². The highest BCUT2D eigenvalue weighted by molar-refractivity contribution is 6.30. The third-order valence-electron chi connectivity index (χ3n) is 8.72. The molecule has 1 fully saturated rings. The van der Waals surface area contributed by atoms with Gasteiger partial charge in [0, 0.05) is 31.7 Å². The van der Waals surface area contributed by atoms with Gasteiger partial charge in [0.05, 0.1) is 18.2 Å². The minimum absolute atomic E-state index is 0.0930. The van der Waals surface area contributed by atoms with Crippen LogP contribution in [0.5, 0.6) is 5.75 Å². The summed E-state index contributed by atoms with van der Waals surface area (Å²) in [5.74, 6) is -1.10. The lowest BCUT2D eigenvalue weighted by atomic mass is 9.70. The van der Waals surface area contributed by atoms with E-state index < -0.39 is 30.0 Å². The Morgan fingerprint density at radius 3 is 2.70 bits per heavy atom. The van der Waals surface area contributed by atoms with Gasteiger partial charge in [-0.1, -0.05) is 35.9 Å². The summed E-state index contributed by atoms with van der Waals surface area (Å²) >= 11 is 6.28. The van der Waals surface area contributed by atoms with E-state index in [0.29, 0.717) is 36.2 Å². The predicted octanol–water partition coefficient (Wildman–Crippen LogP) is 4.14. The van der Waals surface area contributed by atoms with Crippen molar-refractivity contribution in [3.63, 3.8) is 0 Å². The highest BCUT2D eigenvalue weighted by Gasteiger charge is 2.42. The van der Waals surface area contributed by atoms with Crippen molar-refractivity contribution < 1.29 is 29.6 Å². The molecule has 9 heteroatoms. The van der Waals surface area contributed by atoms with E-state index in [1.165, 1.54) is 11.0 Å². The van der Waals surface area contributed by atoms with E-state index >= 15 is 0 Å². The average Bonchev–Trinajstić information content (AvgIpc) is 2.93. The van der Waals surface area contributed by atoms with Crippen molar-refractivity contribution in [1.29, 1.82) is 0 Å². The van der Waals surface area contributed by atoms with Crippen LogP contribution in [0.3, 0.4) is 0 Å². The molecular formula is C31H37ClN2O6. The number of carbonyl (C=O) groups is 2. The number of benzene rings is 2. The van der Waals surface area contributed by atoms with E-state index in [-0.39, 0.29) is 23.9 Å². The van der Waals surface area contributed by atoms with Crippen molar-refractivity contribution in [2.24, 2.45) is 11.8 Å². The van der Waals surface area contributed by atoms with Crippen LogP contribution in [0, 0.1) is 11.8 Å². The topological polar surface area (TPSA) is 111 Å². The molecular weight excluding hydrogens is 532 g/mol.